The summed E-state index contributed by atoms with van der Waals surface area (Å²) in [6.07, 6.45) is 0. The van der Waals surface area contributed by atoms with E-state index in [1.165, 1.54) is 6.07 Å². The first-order chi connectivity index (χ1) is 8.99. The van der Waals surface area contributed by atoms with Gasteiger partial charge in [-0.05, 0) is 48.1 Å². The lowest BCUT2D eigenvalue weighted by Gasteiger charge is -2.09. The van der Waals surface area contributed by atoms with Crippen molar-refractivity contribution < 1.29 is 9.90 Å². The molecule has 0 bridgehead atoms. The fraction of sp³-hybridized carbons (Fsp3) is 0.308. The molecular weight excluding hydrogens is 262 g/mol. The number of hydrogen-bond acceptors (Lipinski definition) is 5. The van der Waals surface area contributed by atoms with Gasteiger partial charge in [0, 0.05) is 5.69 Å². The van der Waals surface area contributed by atoms with Crippen molar-refractivity contribution in [2.24, 2.45) is 0 Å². The van der Waals surface area contributed by atoms with E-state index < -0.39 is 0 Å². The molecule has 5 nitrogen and oxygen atoms in total. The van der Waals surface area contributed by atoms with E-state index in [0.29, 0.717) is 16.3 Å². The van der Waals surface area contributed by atoms with Gasteiger partial charge in [-0.25, -0.2) is 0 Å². The van der Waals surface area contributed by atoms with E-state index in [1.807, 2.05) is 20.8 Å². The zero-order valence-electron chi connectivity index (χ0n) is 11.0. The smallest absolute Gasteiger partial charge is 0.269 e. The van der Waals surface area contributed by atoms with Gasteiger partial charge in [0.25, 0.3) is 5.91 Å². The van der Waals surface area contributed by atoms with Crippen LogP contribution in [0.3, 0.4) is 0 Å². The van der Waals surface area contributed by atoms with Gasteiger partial charge in [-0.1, -0.05) is 18.3 Å². The number of phenolic OH excluding ortho intramolecular Hbond substituents is 1. The number of anilines is 1. The monoisotopic (exact) mass is 277 g/mol. The highest BCUT2D eigenvalue weighted by Crippen LogP contribution is 2.24. The van der Waals surface area contributed by atoms with Crippen LogP contribution in [0.15, 0.2) is 18.2 Å². The molecule has 1 aromatic heterocycles. The molecule has 0 atom stereocenters. The normalized spacial score (nSPS) is 10.7. The third kappa shape index (κ3) is 2.90. The Morgan fingerprint density at radius 2 is 2.16 bits per heavy atom. The Hall–Kier alpha value is -1.95. The topological polar surface area (TPSA) is 75.1 Å². The maximum Gasteiger partial charge on any atom is 0.269 e. The van der Waals surface area contributed by atoms with Gasteiger partial charge in [-0.2, -0.15) is 0 Å². The van der Waals surface area contributed by atoms with Crippen LogP contribution >= 0.6 is 11.5 Å². The molecule has 0 saturated heterocycles. The predicted molar refractivity (Wildman–Crippen MR) is 74.8 cm³/mol. The van der Waals surface area contributed by atoms with Crippen molar-refractivity contribution >= 4 is 23.1 Å². The first-order valence-electron chi connectivity index (χ1n) is 5.92. The number of aromatic nitrogens is 2. The lowest BCUT2D eigenvalue weighted by atomic mass is 10.1. The molecule has 1 heterocycles. The molecule has 100 valence electrons. The van der Waals surface area contributed by atoms with Crippen molar-refractivity contribution in [2.45, 2.75) is 26.7 Å². The van der Waals surface area contributed by atoms with Crippen molar-refractivity contribution in [1.82, 2.24) is 9.59 Å². The highest BCUT2D eigenvalue weighted by atomic mass is 32.1. The van der Waals surface area contributed by atoms with E-state index in [4.69, 9.17) is 0 Å². The van der Waals surface area contributed by atoms with Crippen LogP contribution in [0, 0.1) is 6.92 Å². The van der Waals surface area contributed by atoms with Gasteiger partial charge in [0.15, 0.2) is 0 Å². The van der Waals surface area contributed by atoms with Crippen LogP contribution in [0.2, 0.25) is 0 Å². The summed E-state index contributed by atoms with van der Waals surface area (Å²) in [4.78, 5) is 12.7. The second-order valence-electron chi connectivity index (χ2n) is 4.60. The minimum atomic E-state index is -0.215. The summed E-state index contributed by atoms with van der Waals surface area (Å²) in [6, 6.07) is 4.81. The molecule has 2 aromatic rings. The van der Waals surface area contributed by atoms with E-state index in [1.54, 1.807) is 12.1 Å². The summed E-state index contributed by atoms with van der Waals surface area (Å²) in [5, 5.41) is 16.1. The number of amides is 1. The molecule has 2 rings (SSSR count). The second-order valence-corrected chi connectivity index (χ2v) is 5.35. The molecule has 0 saturated carbocycles. The third-order valence-corrected chi connectivity index (χ3v) is 3.47. The van der Waals surface area contributed by atoms with E-state index >= 15 is 0 Å². The first kappa shape index (κ1) is 13.5. The van der Waals surface area contributed by atoms with Crippen molar-refractivity contribution in [1.29, 1.82) is 0 Å². The number of phenols is 1. The number of carbonyl (C=O) groups excluding carboxylic acids is 1. The molecule has 0 radical (unpaired) electrons. The molecule has 0 unspecified atom stereocenters. The summed E-state index contributed by atoms with van der Waals surface area (Å²) in [7, 11) is 0. The Balaban J connectivity index is 2.23. The van der Waals surface area contributed by atoms with Gasteiger partial charge in [-0.15, -0.1) is 5.10 Å². The fourth-order valence-corrected chi connectivity index (χ4v) is 2.41. The van der Waals surface area contributed by atoms with E-state index in [9.17, 15) is 9.90 Å². The number of aromatic hydroxyl groups is 1. The molecule has 19 heavy (non-hydrogen) atoms. The number of rotatable bonds is 3. The van der Waals surface area contributed by atoms with E-state index in [0.717, 1.165) is 17.1 Å². The van der Waals surface area contributed by atoms with Crippen LogP contribution in [-0.4, -0.2) is 20.6 Å². The van der Waals surface area contributed by atoms with Crippen LogP contribution < -0.4 is 5.32 Å². The van der Waals surface area contributed by atoms with Crippen LogP contribution in [0.1, 0.15) is 40.7 Å². The Morgan fingerprint density at radius 1 is 1.42 bits per heavy atom. The lowest BCUT2D eigenvalue weighted by molar-refractivity contribution is 0.102. The molecule has 6 heteroatoms. The van der Waals surface area contributed by atoms with Crippen molar-refractivity contribution in [3.8, 4) is 5.75 Å². The molecular formula is C13H15N3O2S. The zero-order chi connectivity index (χ0) is 14.0. The molecule has 0 aliphatic rings. The number of hydrogen-bond donors (Lipinski definition) is 2. The van der Waals surface area contributed by atoms with Gasteiger partial charge < -0.3 is 10.4 Å². The standard InChI is InChI=1S/C13H15N3O2S/c1-7(2)11-12(19-16-15-11)13(18)14-10-5-4-9(17)6-8(10)3/h4-7,17H,1-3H3,(H,14,18). The van der Waals surface area contributed by atoms with Gasteiger partial charge in [-0.3, -0.25) is 4.79 Å². The highest BCUT2D eigenvalue weighted by Gasteiger charge is 2.19. The van der Waals surface area contributed by atoms with Crippen molar-refractivity contribution in [2.75, 3.05) is 5.32 Å². The summed E-state index contributed by atoms with van der Waals surface area (Å²) >= 11 is 1.09. The Bertz CT molecular complexity index is 608. The summed E-state index contributed by atoms with van der Waals surface area (Å²) in [5.74, 6) is 0.116. The molecule has 0 fully saturated rings. The maximum atomic E-state index is 12.2. The first-order valence-corrected chi connectivity index (χ1v) is 6.69. The van der Waals surface area contributed by atoms with Gasteiger partial charge in [0.05, 0.1) is 5.69 Å². The van der Waals surface area contributed by atoms with Crippen LogP contribution in [0.5, 0.6) is 5.75 Å². The number of benzene rings is 1. The molecule has 1 amide bonds. The summed E-state index contributed by atoms with van der Waals surface area (Å²) < 4.78 is 3.83. The molecule has 2 N–H and O–H groups in total. The Morgan fingerprint density at radius 3 is 2.79 bits per heavy atom. The van der Waals surface area contributed by atoms with Crippen LogP contribution in [0.25, 0.3) is 0 Å². The predicted octanol–water partition coefficient (Wildman–Crippen LogP) is 2.93. The van der Waals surface area contributed by atoms with Crippen LogP contribution in [-0.2, 0) is 0 Å². The molecule has 0 aliphatic heterocycles. The maximum absolute atomic E-state index is 12.2. The number of nitrogens with one attached hydrogen (secondary N) is 1. The van der Waals surface area contributed by atoms with Crippen molar-refractivity contribution in [3.05, 3.63) is 34.3 Å². The minimum absolute atomic E-state index is 0.153. The number of aryl methyl sites for hydroxylation is 1. The SMILES string of the molecule is Cc1cc(O)ccc1NC(=O)c1snnc1C(C)C. The summed E-state index contributed by atoms with van der Waals surface area (Å²) in [6.45, 7) is 5.77. The van der Waals surface area contributed by atoms with Crippen LogP contribution in [0.4, 0.5) is 5.69 Å². The fourth-order valence-electron chi connectivity index (χ4n) is 1.70. The minimum Gasteiger partial charge on any atom is -0.508 e. The Labute approximate surface area is 115 Å². The second kappa shape index (κ2) is 5.36. The average molecular weight is 277 g/mol. The molecule has 0 spiro atoms. The number of nitrogens with zero attached hydrogens (tertiary/aromatic N) is 2. The quantitative estimate of drug-likeness (QED) is 0.846. The zero-order valence-corrected chi connectivity index (χ0v) is 11.8. The van der Waals surface area contributed by atoms with Gasteiger partial charge in [0.1, 0.15) is 10.6 Å². The van der Waals surface area contributed by atoms with E-state index in [-0.39, 0.29) is 17.6 Å². The van der Waals surface area contributed by atoms with Gasteiger partial charge >= 0.3 is 0 Å². The average Bonchev–Trinajstić information content (AvgIpc) is 2.82. The van der Waals surface area contributed by atoms with Crippen molar-refractivity contribution in [3.63, 3.8) is 0 Å². The van der Waals surface area contributed by atoms with Gasteiger partial charge in [0.2, 0.25) is 0 Å². The third-order valence-electron chi connectivity index (χ3n) is 2.72. The lowest BCUT2D eigenvalue weighted by Crippen LogP contribution is -2.13. The van der Waals surface area contributed by atoms with E-state index in [2.05, 4.69) is 14.9 Å². The Kier molecular flexibility index (Phi) is 3.80. The highest BCUT2D eigenvalue weighted by molar-refractivity contribution is 7.08. The largest absolute Gasteiger partial charge is 0.508 e. The molecule has 0 aliphatic carbocycles. The summed E-state index contributed by atoms with van der Waals surface area (Å²) in [5.41, 5.74) is 2.18. The molecule has 1 aromatic carbocycles. The number of carbonyl (C=O) groups is 1.